The standard InChI is InChI=1S/C29H52N7O6P.C10H19ClO2.C9H14N5O4P.H3N/c1-20(2)12-10-14-40-26(37)28(6,7)34-43(39,35-29(8,9)27(38)41-15-11-13-21(3)4)19-42-22(5)16-36-18-33-23-24(30)31-17-32-25(23)36;1-8(2)6-5-7-13-9(12)10(3,4)11;1-6(18-5-19(15,16)17)2-14-4-13-7-8(10)11-3-12-9(7)14;/h17-18,20-22H,10-16,19H2,1-9H3,(H2,30,31,32)(H2,34,35,39);8H,5-7H2,1-4H3;3-4,6H,2,5H2,1H3,(H2,10,11,12)(H2,15,16,17);1H3/t22-;;6-;/m1.1./s1. The zero-order valence-corrected chi connectivity index (χ0v) is 49.6. The molecule has 0 saturated heterocycles. The van der Waals surface area contributed by atoms with Gasteiger partial charge in [0.1, 0.15) is 52.3 Å². The number of ether oxygens (including phenoxy) is 5. The summed E-state index contributed by atoms with van der Waals surface area (Å²) in [5.74, 6) is 0.752. The predicted molar refractivity (Wildman–Crippen MR) is 294 cm³/mol. The number of fused-ring (bicyclic) bond motifs is 2. The predicted octanol–water partition coefficient (Wildman–Crippen LogP) is 7.75. The van der Waals surface area contributed by atoms with Crippen molar-refractivity contribution in [3.05, 3.63) is 25.3 Å². The minimum atomic E-state index is -4.16. The number of imidazole rings is 2. The monoisotopic (exact) mass is 1140 g/mol. The van der Waals surface area contributed by atoms with Crippen LogP contribution in [-0.2, 0) is 60.3 Å². The Hall–Kier alpha value is -4.42. The second kappa shape index (κ2) is 31.8. The van der Waals surface area contributed by atoms with Crippen molar-refractivity contribution in [3.8, 4) is 0 Å². The fourth-order valence-corrected chi connectivity index (χ4v) is 9.91. The van der Waals surface area contributed by atoms with E-state index >= 15 is 0 Å². The molecule has 0 bridgehead atoms. The van der Waals surface area contributed by atoms with E-state index in [9.17, 15) is 23.5 Å². The summed E-state index contributed by atoms with van der Waals surface area (Å²) in [4.78, 5) is 78.2. The lowest BCUT2D eigenvalue weighted by molar-refractivity contribution is -0.149. The van der Waals surface area contributed by atoms with E-state index in [1.54, 1.807) is 63.9 Å². The Bertz CT molecular complexity index is 2450. The Morgan fingerprint density at radius 1 is 0.605 bits per heavy atom. The molecule has 0 amide bonds. The summed E-state index contributed by atoms with van der Waals surface area (Å²) in [6.45, 7) is 27.5. The van der Waals surface area contributed by atoms with Crippen LogP contribution in [0.5, 0.6) is 0 Å². The van der Waals surface area contributed by atoms with E-state index in [2.05, 4.69) is 81.6 Å². The molecule has 11 N–H and O–H groups in total. The average molecular weight is 1140 g/mol. The summed E-state index contributed by atoms with van der Waals surface area (Å²) in [5, 5.41) is 5.89. The van der Waals surface area contributed by atoms with Crippen molar-refractivity contribution in [2.75, 3.05) is 44.0 Å². The molecule has 0 unspecified atom stereocenters. The third-order valence-electron chi connectivity index (χ3n) is 10.7. The van der Waals surface area contributed by atoms with Gasteiger partial charge in [-0.2, -0.15) is 0 Å². The third kappa shape index (κ3) is 25.8. The van der Waals surface area contributed by atoms with Crippen LogP contribution >= 0.6 is 26.6 Å². The van der Waals surface area contributed by atoms with Gasteiger partial charge in [0.05, 0.1) is 57.8 Å². The molecule has 4 aromatic heterocycles. The van der Waals surface area contributed by atoms with Crippen molar-refractivity contribution in [2.24, 2.45) is 17.8 Å². The van der Waals surface area contributed by atoms with Gasteiger partial charge in [0, 0.05) is 0 Å². The van der Waals surface area contributed by atoms with Crippen molar-refractivity contribution in [3.63, 3.8) is 0 Å². The number of nitrogens with one attached hydrogen (secondary N) is 2. The largest absolute Gasteiger partial charge is 0.464 e. The van der Waals surface area contributed by atoms with Crippen LogP contribution in [0.3, 0.4) is 0 Å². The van der Waals surface area contributed by atoms with E-state index in [0.717, 1.165) is 38.5 Å². The highest BCUT2D eigenvalue weighted by Crippen LogP contribution is 2.42. The molecule has 0 radical (unpaired) electrons. The van der Waals surface area contributed by atoms with Crippen LogP contribution in [-0.4, -0.2) is 127 Å². The molecule has 0 aliphatic rings. The average Bonchev–Trinajstić information content (AvgIpc) is 3.90. The number of anilines is 2. The normalized spacial score (nSPS) is 13.2. The number of carbonyl (C=O) groups is 3. The number of halogens is 1. The smallest absolute Gasteiger partial charge is 0.350 e. The van der Waals surface area contributed by atoms with Crippen LogP contribution in [0.25, 0.3) is 22.3 Å². The summed E-state index contributed by atoms with van der Waals surface area (Å²) in [6, 6.07) is 0. The molecule has 4 aromatic rings. The van der Waals surface area contributed by atoms with E-state index in [1.165, 1.54) is 19.0 Å². The number of nitrogen functional groups attached to an aromatic ring is 2. The lowest BCUT2D eigenvalue weighted by atomic mass is 10.1. The molecule has 434 valence electrons. The van der Waals surface area contributed by atoms with Crippen LogP contribution in [0, 0.1) is 17.8 Å². The highest BCUT2D eigenvalue weighted by atomic mass is 35.5. The van der Waals surface area contributed by atoms with Crippen molar-refractivity contribution >= 4 is 78.5 Å². The second-order valence-corrected chi connectivity index (χ2v) is 26.0. The van der Waals surface area contributed by atoms with E-state index in [4.69, 9.17) is 56.5 Å². The maximum Gasteiger partial charge on any atom is 0.350 e. The Morgan fingerprint density at radius 2 is 0.947 bits per heavy atom. The van der Waals surface area contributed by atoms with Crippen molar-refractivity contribution in [1.82, 2.24) is 55.4 Å². The number of hydrogen-bond donors (Lipinski definition) is 7. The number of esters is 3. The molecule has 28 heteroatoms. The van der Waals surface area contributed by atoms with Gasteiger partial charge in [0.2, 0.25) is 7.44 Å². The number of nitrogens with two attached hydrogens (primary N) is 2. The summed E-state index contributed by atoms with van der Waals surface area (Å²) in [5.41, 5.74) is 10.9. The van der Waals surface area contributed by atoms with Crippen molar-refractivity contribution < 1.29 is 57.0 Å². The van der Waals surface area contributed by atoms with Gasteiger partial charge in [0.25, 0.3) is 0 Å². The molecule has 0 spiro atoms. The molecule has 2 atom stereocenters. The minimum Gasteiger partial charge on any atom is -0.464 e. The first kappa shape index (κ1) is 69.6. The molecule has 4 heterocycles. The molecule has 0 aromatic carbocycles. The van der Waals surface area contributed by atoms with Crippen molar-refractivity contribution in [1.29, 1.82) is 0 Å². The molecular weight excluding hydrogens is 1050 g/mol. The zero-order chi connectivity index (χ0) is 57.0. The first-order chi connectivity index (χ1) is 34.7. The first-order valence-corrected chi connectivity index (χ1v) is 29.2. The highest BCUT2D eigenvalue weighted by Gasteiger charge is 2.43. The van der Waals surface area contributed by atoms with E-state index in [0.29, 0.717) is 59.8 Å². The van der Waals surface area contributed by atoms with Gasteiger partial charge in [-0.05, 0) is 112 Å². The molecule has 0 aliphatic carbocycles. The first-order valence-electron chi connectivity index (χ1n) is 25.1. The fourth-order valence-electron chi connectivity index (χ4n) is 6.77. The molecule has 4 rings (SSSR count). The number of rotatable bonds is 29. The van der Waals surface area contributed by atoms with Gasteiger partial charge in [-0.25, -0.2) is 40.1 Å². The Balaban J connectivity index is 0.000000712. The lowest BCUT2D eigenvalue weighted by Crippen LogP contribution is -2.54. The zero-order valence-electron chi connectivity index (χ0n) is 47.1. The maximum atomic E-state index is 14.4. The quantitative estimate of drug-likeness (QED) is 0.00897. The molecular formula is C48H88ClN13O12P2. The Morgan fingerprint density at radius 3 is 1.28 bits per heavy atom. The summed E-state index contributed by atoms with van der Waals surface area (Å²) >= 11 is 5.75. The number of alkyl halides is 1. The lowest BCUT2D eigenvalue weighted by Gasteiger charge is -2.35. The third-order valence-corrected chi connectivity index (χ3v) is 13.7. The number of carbonyl (C=O) groups excluding carboxylic acids is 3. The van der Waals surface area contributed by atoms with Crippen LogP contribution in [0.4, 0.5) is 11.6 Å². The molecule has 0 fully saturated rings. The second-order valence-electron chi connectivity index (χ2n) is 21.2. The molecule has 0 saturated carbocycles. The number of aromatic nitrogens is 8. The summed E-state index contributed by atoms with van der Waals surface area (Å²) in [7, 11) is -7.93. The van der Waals surface area contributed by atoms with Gasteiger partial charge in [-0.1, -0.05) is 41.5 Å². The summed E-state index contributed by atoms with van der Waals surface area (Å²) < 4.78 is 55.7. The molecule has 76 heavy (non-hydrogen) atoms. The maximum absolute atomic E-state index is 14.4. The Labute approximate surface area is 453 Å². The highest BCUT2D eigenvalue weighted by molar-refractivity contribution is 7.59. The van der Waals surface area contributed by atoms with Gasteiger partial charge in [-0.15, -0.1) is 11.6 Å². The fraction of sp³-hybridized carbons (Fsp3) is 0.729. The van der Waals surface area contributed by atoms with E-state index < -0.39 is 61.5 Å². The SMILES string of the molecule is CC(C)CCCOC(=O)C(C)(C)Cl.CC(C)CCCOC(=O)C(C)(C)NP(=O)(CO[C@H](C)Cn1cnc2c(N)ncnc21)NC(C)(C)C(=O)OCCCC(C)C.C[C@H](Cn1cnc2c(N)ncnc21)OCP(=O)(O)O.N. The van der Waals surface area contributed by atoms with Crippen LogP contribution in [0.1, 0.15) is 135 Å². The number of hydrogen-bond acceptors (Lipinski definition) is 19. The molecule has 25 nitrogen and oxygen atoms in total. The van der Waals surface area contributed by atoms with Crippen molar-refractivity contribution in [2.45, 2.75) is 177 Å². The van der Waals surface area contributed by atoms with Crippen LogP contribution in [0.2, 0.25) is 0 Å². The van der Waals surface area contributed by atoms with Gasteiger partial charge >= 0.3 is 25.5 Å². The summed E-state index contributed by atoms with van der Waals surface area (Å²) in [6.07, 6.45) is 9.30. The van der Waals surface area contributed by atoms with E-state index in [-0.39, 0.29) is 43.3 Å². The van der Waals surface area contributed by atoms with Gasteiger partial charge in [0.15, 0.2) is 22.9 Å². The number of nitrogens with zero attached hydrogens (tertiary/aromatic N) is 8. The Kier molecular flexibility index (Phi) is 29.2. The van der Waals surface area contributed by atoms with Crippen LogP contribution in [0.15, 0.2) is 25.3 Å². The molecule has 0 aliphatic heterocycles. The van der Waals surface area contributed by atoms with E-state index in [1.807, 2.05) is 6.92 Å². The van der Waals surface area contributed by atoms with Gasteiger partial charge in [-0.3, -0.25) is 23.5 Å². The topological polar surface area (TPSA) is 370 Å². The van der Waals surface area contributed by atoms with Gasteiger partial charge < -0.3 is 60.2 Å². The minimum absolute atomic E-state index is 0. The van der Waals surface area contributed by atoms with Crippen LogP contribution < -0.4 is 27.8 Å².